The Bertz CT molecular complexity index is 120. The fourth-order valence-electron chi connectivity index (χ4n) is 1.13. The van der Waals surface area contributed by atoms with Gasteiger partial charge in [-0.15, -0.1) is 0 Å². The molecule has 0 aromatic rings. The van der Waals surface area contributed by atoms with Gasteiger partial charge in [-0.3, -0.25) is 0 Å². The van der Waals surface area contributed by atoms with E-state index in [0.29, 0.717) is 18.9 Å². The molecule has 1 atom stereocenters. The average Bonchev–Trinajstić information content (AvgIpc) is 1.96. The Balaban J connectivity index is 3.22. The molecule has 2 nitrogen and oxygen atoms in total. The van der Waals surface area contributed by atoms with Gasteiger partial charge in [0.05, 0.1) is 0 Å². The van der Waals surface area contributed by atoms with Crippen LogP contribution in [0, 0.1) is 5.92 Å². The molecule has 4 heteroatoms. The molecule has 0 bridgehead atoms. The molecule has 0 fully saturated rings. The van der Waals surface area contributed by atoms with Gasteiger partial charge >= 0.3 is 0 Å². The second kappa shape index (κ2) is 7.21. The van der Waals surface area contributed by atoms with Crippen molar-refractivity contribution in [3.05, 3.63) is 0 Å². The molecule has 0 saturated carbocycles. The molecule has 0 spiro atoms. The normalized spacial score (nSPS) is 14.1. The topological polar surface area (TPSA) is 35.2 Å². The van der Waals surface area contributed by atoms with Crippen molar-refractivity contribution in [3.63, 3.8) is 0 Å². The van der Waals surface area contributed by atoms with Gasteiger partial charge in [-0.1, -0.05) is 13.8 Å². The molecule has 0 heterocycles. The number of halogens is 2. The summed E-state index contributed by atoms with van der Waals surface area (Å²) in [6.45, 7) is 4.02. The number of rotatable bonds is 7. The van der Waals surface area contributed by atoms with E-state index < -0.39 is 13.0 Å². The van der Waals surface area contributed by atoms with Crippen molar-refractivity contribution in [1.82, 2.24) is 0 Å². The van der Waals surface area contributed by atoms with Crippen LogP contribution in [0.3, 0.4) is 0 Å². The first kappa shape index (κ1) is 12.8. The van der Waals surface area contributed by atoms with Crippen molar-refractivity contribution >= 4 is 0 Å². The molecule has 0 radical (unpaired) electrons. The van der Waals surface area contributed by atoms with E-state index in [1.54, 1.807) is 0 Å². The minimum Gasteiger partial charge on any atom is -0.375 e. The first-order chi connectivity index (χ1) is 6.02. The zero-order chi connectivity index (χ0) is 10.3. The summed E-state index contributed by atoms with van der Waals surface area (Å²) in [5.74, 6) is 0.546. The number of hydrogen-bond acceptors (Lipinski definition) is 2. The highest BCUT2D eigenvalue weighted by Gasteiger charge is 2.06. The molecule has 0 rings (SSSR count). The first-order valence-electron chi connectivity index (χ1n) is 4.63. The lowest BCUT2D eigenvalue weighted by molar-refractivity contribution is 0.0149. The quantitative estimate of drug-likeness (QED) is 0.631. The van der Waals surface area contributed by atoms with E-state index in [0.717, 1.165) is 6.42 Å². The summed E-state index contributed by atoms with van der Waals surface area (Å²) in [5.41, 5.74) is 5.72. The van der Waals surface area contributed by atoms with Gasteiger partial charge in [0.25, 0.3) is 6.43 Å². The lowest BCUT2D eigenvalue weighted by Crippen LogP contribution is -2.24. The minimum atomic E-state index is -2.37. The van der Waals surface area contributed by atoms with Crippen LogP contribution in [0.25, 0.3) is 0 Å². The lowest BCUT2D eigenvalue weighted by atomic mass is 10.0. The zero-order valence-electron chi connectivity index (χ0n) is 8.30. The van der Waals surface area contributed by atoms with Crippen LogP contribution in [0.4, 0.5) is 8.78 Å². The third kappa shape index (κ3) is 9.70. The van der Waals surface area contributed by atoms with Crippen LogP contribution in [0.2, 0.25) is 0 Å². The standard InChI is InChI=1S/C9H19F2NO/c1-7(2)5-8(12)3-4-13-6-9(10)11/h7-9H,3-6,12H2,1-2H3. The Kier molecular flexibility index (Phi) is 7.09. The molecule has 0 aromatic heterocycles. The first-order valence-corrected chi connectivity index (χ1v) is 4.63. The maximum atomic E-state index is 11.6. The second-order valence-corrected chi connectivity index (χ2v) is 3.64. The largest absolute Gasteiger partial charge is 0.375 e. The Morgan fingerprint density at radius 2 is 1.92 bits per heavy atom. The maximum Gasteiger partial charge on any atom is 0.261 e. The highest BCUT2D eigenvalue weighted by atomic mass is 19.3. The van der Waals surface area contributed by atoms with Crippen molar-refractivity contribution < 1.29 is 13.5 Å². The predicted molar refractivity (Wildman–Crippen MR) is 48.9 cm³/mol. The third-order valence-corrected chi connectivity index (χ3v) is 1.65. The van der Waals surface area contributed by atoms with Crippen LogP contribution < -0.4 is 5.73 Å². The summed E-state index contributed by atoms with van der Waals surface area (Å²) in [6, 6.07) is 0.0673. The molecule has 0 saturated heterocycles. The van der Waals surface area contributed by atoms with Crippen molar-refractivity contribution in [2.45, 2.75) is 39.2 Å². The Labute approximate surface area is 78.4 Å². The summed E-state index contributed by atoms with van der Waals surface area (Å²) in [4.78, 5) is 0. The number of hydrogen-bond donors (Lipinski definition) is 1. The van der Waals surface area contributed by atoms with Gasteiger partial charge < -0.3 is 10.5 Å². The summed E-state index contributed by atoms with van der Waals surface area (Å²) in [5, 5.41) is 0. The van der Waals surface area contributed by atoms with Gasteiger partial charge in [0.1, 0.15) is 6.61 Å². The average molecular weight is 195 g/mol. The zero-order valence-corrected chi connectivity index (χ0v) is 8.30. The molecule has 80 valence electrons. The van der Waals surface area contributed by atoms with Crippen LogP contribution >= 0.6 is 0 Å². The van der Waals surface area contributed by atoms with Crippen LogP contribution in [0.1, 0.15) is 26.7 Å². The van der Waals surface area contributed by atoms with Crippen LogP contribution in [-0.2, 0) is 4.74 Å². The summed E-state index contributed by atoms with van der Waals surface area (Å²) in [7, 11) is 0. The van der Waals surface area contributed by atoms with Gasteiger partial charge in [-0.2, -0.15) is 0 Å². The Hall–Kier alpha value is -0.220. The number of nitrogens with two attached hydrogens (primary N) is 1. The van der Waals surface area contributed by atoms with Gasteiger partial charge in [0.2, 0.25) is 0 Å². The number of alkyl halides is 2. The van der Waals surface area contributed by atoms with E-state index in [4.69, 9.17) is 10.5 Å². The smallest absolute Gasteiger partial charge is 0.261 e. The van der Waals surface area contributed by atoms with Crippen molar-refractivity contribution in [1.29, 1.82) is 0 Å². The number of ether oxygens (including phenoxy) is 1. The van der Waals surface area contributed by atoms with Gasteiger partial charge in [0, 0.05) is 12.6 Å². The molecular formula is C9H19F2NO. The van der Waals surface area contributed by atoms with E-state index in [1.807, 2.05) is 0 Å². The molecule has 0 aromatic carbocycles. The predicted octanol–water partition coefficient (Wildman–Crippen LogP) is 2.03. The van der Waals surface area contributed by atoms with E-state index in [1.165, 1.54) is 0 Å². The molecule has 1 unspecified atom stereocenters. The highest BCUT2D eigenvalue weighted by Crippen LogP contribution is 2.05. The van der Waals surface area contributed by atoms with Gasteiger partial charge in [0.15, 0.2) is 0 Å². The van der Waals surface area contributed by atoms with Crippen molar-refractivity contribution in [3.8, 4) is 0 Å². The highest BCUT2D eigenvalue weighted by molar-refractivity contribution is 4.62. The Morgan fingerprint density at radius 3 is 2.38 bits per heavy atom. The molecule has 13 heavy (non-hydrogen) atoms. The van der Waals surface area contributed by atoms with E-state index in [2.05, 4.69) is 13.8 Å². The maximum absolute atomic E-state index is 11.6. The molecule has 0 aliphatic rings. The van der Waals surface area contributed by atoms with Crippen molar-refractivity contribution in [2.75, 3.05) is 13.2 Å². The fourth-order valence-corrected chi connectivity index (χ4v) is 1.13. The molecular weight excluding hydrogens is 176 g/mol. The molecule has 0 aliphatic carbocycles. The van der Waals surface area contributed by atoms with E-state index in [9.17, 15) is 8.78 Å². The van der Waals surface area contributed by atoms with Crippen LogP contribution in [0.5, 0.6) is 0 Å². The molecule has 0 aliphatic heterocycles. The van der Waals surface area contributed by atoms with E-state index in [-0.39, 0.29) is 6.04 Å². The summed E-state index contributed by atoms with van der Waals surface area (Å²) < 4.78 is 27.9. The summed E-state index contributed by atoms with van der Waals surface area (Å²) in [6.07, 6.45) is -0.801. The monoisotopic (exact) mass is 195 g/mol. The SMILES string of the molecule is CC(C)CC(N)CCOCC(F)F. The van der Waals surface area contributed by atoms with Crippen LogP contribution in [-0.4, -0.2) is 25.7 Å². The third-order valence-electron chi connectivity index (χ3n) is 1.65. The van der Waals surface area contributed by atoms with Crippen LogP contribution in [0.15, 0.2) is 0 Å². The second-order valence-electron chi connectivity index (χ2n) is 3.64. The Morgan fingerprint density at radius 1 is 1.31 bits per heavy atom. The molecule has 2 N–H and O–H groups in total. The fraction of sp³-hybridized carbons (Fsp3) is 1.00. The van der Waals surface area contributed by atoms with E-state index >= 15 is 0 Å². The molecule has 0 amide bonds. The van der Waals surface area contributed by atoms with Crippen molar-refractivity contribution in [2.24, 2.45) is 11.7 Å². The summed E-state index contributed by atoms with van der Waals surface area (Å²) >= 11 is 0. The lowest BCUT2D eigenvalue weighted by Gasteiger charge is -2.13. The van der Waals surface area contributed by atoms with Gasteiger partial charge in [-0.25, -0.2) is 8.78 Å². The van der Waals surface area contributed by atoms with Gasteiger partial charge in [-0.05, 0) is 18.8 Å². The minimum absolute atomic E-state index is 0.0673.